The van der Waals surface area contributed by atoms with E-state index < -0.39 is 0 Å². The van der Waals surface area contributed by atoms with Crippen LogP contribution in [0.3, 0.4) is 0 Å². The molecule has 2 N–H and O–H groups in total. The number of amides is 1. The van der Waals surface area contributed by atoms with Gasteiger partial charge in [-0.3, -0.25) is 4.79 Å². The van der Waals surface area contributed by atoms with Crippen LogP contribution < -0.4 is 10.7 Å². The summed E-state index contributed by atoms with van der Waals surface area (Å²) in [5.41, 5.74) is 5.53. The Hall–Kier alpha value is -2.33. The summed E-state index contributed by atoms with van der Waals surface area (Å²) in [6.07, 6.45) is 3.40. The van der Waals surface area contributed by atoms with Crippen LogP contribution in [0.15, 0.2) is 53.6 Å². The molecular formula is C18H20ClN3O. The van der Waals surface area contributed by atoms with E-state index in [1.807, 2.05) is 43.3 Å². The SMILES string of the molecule is Cc1c(Cl)cccc1NCC(=O)N/N=C/CCc1ccccc1. The van der Waals surface area contributed by atoms with Crippen LogP contribution >= 0.6 is 11.6 Å². The van der Waals surface area contributed by atoms with Crippen LogP contribution in [0.4, 0.5) is 5.69 Å². The number of nitrogens with zero attached hydrogens (tertiary/aromatic N) is 1. The Morgan fingerprint density at radius 1 is 1.17 bits per heavy atom. The molecule has 0 heterocycles. The highest BCUT2D eigenvalue weighted by molar-refractivity contribution is 6.31. The van der Waals surface area contributed by atoms with Gasteiger partial charge in [-0.15, -0.1) is 0 Å². The quantitative estimate of drug-likeness (QED) is 0.599. The Kier molecular flexibility index (Phi) is 6.63. The van der Waals surface area contributed by atoms with Crippen molar-refractivity contribution in [2.75, 3.05) is 11.9 Å². The minimum absolute atomic E-state index is 0.150. The van der Waals surface area contributed by atoms with Gasteiger partial charge in [0.25, 0.3) is 5.91 Å². The molecule has 2 aromatic rings. The van der Waals surface area contributed by atoms with Crippen LogP contribution in [0.25, 0.3) is 0 Å². The number of benzene rings is 2. The molecule has 120 valence electrons. The second kappa shape index (κ2) is 8.96. The van der Waals surface area contributed by atoms with E-state index in [2.05, 4.69) is 28.0 Å². The van der Waals surface area contributed by atoms with E-state index in [4.69, 9.17) is 11.6 Å². The minimum Gasteiger partial charge on any atom is -0.376 e. The van der Waals surface area contributed by atoms with Gasteiger partial charge < -0.3 is 5.32 Å². The largest absolute Gasteiger partial charge is 0.376 e. The van der Waals surface area contributed by atoms with E-state index in [-0.39, 0.29) is 12.5 Å². The zero-order chi connectivity index (χ0) is 16.5. The lowest BCUT2D eigenvalue weighted by atomic mass is 10.1. The normalized spacial score (nSPS) is 10.7. The van der Waals surface area contributed by atoms with Gasteiger partial charge in [0.1, 0.15) is 0 Å². The number of carbonyl (C=O) groups excluding carboxylic acids is 1. The zero-order valence-corrected chi connectivity index (χ0v) is 13.8. The van der Waals surface area contributed by atoms with Crippen LogP contribution in [-0.2, 0) is 11.2 Å². The van der Waals surface area contributed by atoms with Gasteiger partial charge in [-0.05, 0) is 43.0 Å². The predicted molar refractivity (Wildman–Crippen MR) is 96.1 cm³/mol. The fourth-order valence-corrected chi connectivity index (χ4v) is 2.25. The highest BCUT2D eigenvalue weighted by atomic mass is 35.5. The molecule has 1 amide bonds. The summed E-state index contributed by atoms with van der Waals surface area (Å²) in [5, 5.41) is 7.67. The molecular weight excluding hydrogens is 310 g/mol. The van der Waals surface area contributed by atoms with Crippen LogP contribution in [0.1, 0.15) is 17.5 Å². The first-order valence-corrected chi connectivity index (χ1v) is 7.88. The molecule has 0 atom stereocenters. The van der Waals surface area contributed by atoms with Crippen molar-refractivity contribution < 1.29 is 4.79 Å². The lowest BCUT2D eigenvalue weighted by Gasteiger charge is -2.09. The summed E-state index contributed by atoms with van der Waals surface area (Å²) in [5.74, 6) is -0.194. The number of carbonyl (C=O) groups is 1. The van der Waals surface area contributed by atoms with Crippen molar-refractivity contribution in [1.29, 1.82) is 0 Å². The highest BCUT2D eigenvalue weighted by Gasteiger charge is 2.04. The topological polar surface area (TPSA) is 53.5 Å². The summed E-state index contributed by atoms with van der Waals surface area (Å²) in [6.45, 7) is 2.06. The average Bonchev–Trinajstić information content (AvgIpc) is 2.57. The van der Waals surface area contributed by atoms with Crippen LogP contribution in [-0.4, -0.2) is 18.7 Å². The van der Waals surface area contributed by atoms with E-state index in [9.17, 15) is 4.79 Å². The van der Waals surface area contributed by atoms with Gasteiger partial charge in [0.05, 0.1) is 6.54 Å². The van der Waals surface area contributed by atoms with Crippen molar-refractivity contribution in [3.63, 3.8) is 0 Å². The van der Waals surface area contributed by atoms with E-state index in [1.54, 1.807) is 6.21 Å². The number of hydrazone groups is 1. The van der Waals surface area contributed by atoms with Crippen LogP contribution in [0, 0.1) is 6.92 Å². The van der Waals surface area contributed by atoms with E-state index in [0.717, 1.165) is 24.1 Å². The highest BCUT2D eigenvalue weighted by Crippen LogP contribution is 2.22. The molecule has 0 fully saturated rings. The summed E-state index contributed by atoms with van der Waals surface area (Å²) in [4.78, 5) is 11.7. The number of rotatable bonds is 7. The maximum absolute atomic E-state index is 11.7. The summed E-state index contributed by atoms with van der Waals surface area (Å²) >= 11 is 6.03. The molecule has 0 aliphatic carbocycles. The minimum atomic E-state index is -0.194. The molecule has 2 rings (SSSR count). The van der Waals surface area contributed by atoms with Gasteiger partial charge in [-0.25, -0.2) is 5.43 Å². The zero-order valence-electron chi connectivity index (χ0n) is 13.1. The molecule has 5 heteroatoms. The third-order valence-electron chi connectivity index (χ3n) is 3.39. The van der Waals surface area contributed by atoms with Gasteiger partial charge in [-0.2, -0.15) is 5.10 Å². The Balaban J connectivity index is 1.69. The molecule has 0 unspecified atom stereocenters. The number of hydrogen-bond donors (Lipinski definition) is 2. The van der Waals surface area contributed by atoms with E-state index in [0.29, 0.717) is 5.02 Å². The Labute approximate surface area is 141 Å². The van der Waals surface area contributed by atoms with E-state index >= 15 is 0 Å². The average molecular weight is 330 g/mol. The fourth-order valence-electron chi connectivity index (χ4n) is 2.07. The van der Waals surface area contributed by atoms with Crippen molar-refractivity contribution in [3.05, 3.63) is 64.7 Å². The lowest BCUT2D eigenvalue weighted by Crippen LogP contribution is -2.26. The first kappa shape index (κ1) is 17.0. The third-order valence-corrected chi connectivity index (χ3v) is 3.80. The van der Waals surface area contributed by atoms with Crippen molar-refractivity contribution >= 4 is 29.4 Å². The van der Waals surface area contributed by atoms with E-state index in [1.165, 1.54) is 5.56 Å². The molecule has 4 nitrogen and oxygen atoms in total. The molecule has 0 aromatic heterocycles. The summed E-state index contributed by atoms with van der Waals surface area (Å²) in [6, 6.07) is 15.7. The third kappa shape index (κ3) is 5.75. The molecule has 2 aromatic carbocycles. The predicted octanol–water partition coefficient (Wildman–Crippen LogP) is 3.80. The molecule has 23 heavy (non-hydrogen) atoms. The molecule has 0 aliphatic rings. The van der Waals surface area contributed by atoms with Crippen molar-refractivity contribution in [2.24, 2.45) is 5.10 Å². The Morgan fingerprint density at radius 2 is 1.96 bits per heavy atom. The van der Waals surface area contributed by atoms with Crippen LogP contribution in [0.5, 0.6) is 0 Å². The lowest BCUT2D eigenvalue weighted by molar-refractivity contribution is -0.119. The van der Waals surface area contributed by atoms with Crippen molar-refractivity contribution in [1.82, 2.24) is 5.43 Å². The fraction of sp³-hybridized carbons (Fsp3) is 0.222. The molecule has 0 radical (unpaired) electrons. The van der Waals surface area contributed by atoms with Crippen molar-refractivity contribution in [3.8, 4) is 0 Å². The first-order chi connectivity index (χ1) is 11.2. The molecule has 0 saturated heterocycles. The standard InChI is InChI=1S/C18H20ClN3O/c1-14-16(19)10-5-11-17(14)20-13-18(23)22-21-12-6-9-15-7-3-2-4-8-15/h2-5,7-8,10-12,20H,6,9,13H2,1H3,(H,22,23)/b21-12+. The maximum atomic E-state index is 11.7. The molecule has 0 saturated carbocycles. The second-order valence-corrected chi connectivity index (χ2v) is 5.54. The number of aryl methyl sites for hydroxylation is 1. The maximum Gasteiger partial charge on any atom is 0.259 e. The first-order valence-electron chi connectivity index (χ1n) is 7.50. The van der Waals surface area contributed by atoms with Gasteiger partial charge in [0, 0.05) is 16.9 Å². The van der Waals surface area contributed by atoms with Gasteiger partial charge in [-0.1, -0.05) is 48.0 Å². The monoisotopic (exact) mass is 329 g/mol. The van der Waals surface area contributed by atoms with Crippen molar-refractivity contribution in [2.45, 2.75) is 19.8 Å². The number of halogens is 1. The molecule has 0 spiro atoms. The smallest absolute Gasteiger partial charge is 0.259 e. The number of anilines is 1. The van der Waals surface area contributed by atoms with Gasteiger partial charge in [0.2, 0.25) is 0 Å². The second-order valence-electron chi connectivity index (χ2n) is 5.14. The van der Waals surface area contributed by atoms with Gasteiger partial charge in [0.15, 0.2) is 0 Å². The Morgan fingerprint density at radius 3 is 2.74 bits per heavy atom. The summed E-state index contributed by atoms with van der Waals surface area (Å²) in [7, 11) is 0. The van der Waals surface area contributed by atoms with Crippen LogP contribution in [0.2, 0.25) is 5.02 Å². The Bertz CT molecular complexity index is 671. The number of nitrogens with one attached hydrogen (secondary N) is 2. The molecule has 0 aliphatic heterocycles. The number of hydrogen-bond acceptors (Lipinski definition) is 3. The summed E-state index contributed by atoms with van der Waals surface area (Å²) < 4.78 is 0. The van der Waals surface area contributed by atoms with Gasteiger partial charge >= 0.3 is 0 Å². The molecule has 0 bridgehead atoms.